The van der Waals surface area contributed by atoms with Crippen LogP contribution < -0.4 is 0 Å². The molecule has 0 heterocycles. The highest BCUT2D eigenvalue weighted by Gasteiger charge is 2.19. The lowest BCUT2D eigenvalue weighted by molar-refractivity contribution is -0.105. The van der Waals surface area contributed by atoms with Crippen LogP contribution in [-0.2, 0) is 10.2 Å². The number of rotatable bonds is 8. The summed E-state index contributed by atoms with van der Waals surface area (Å²) in [5.74, 6) is 1.67. The summed E-state index contributed by atoms with van der Waals surface area (Å²) in [6, 6.07) is 10.6. The van der Waals surface area contributed by atoms with E-state index in [0.717, 1.165) is 24.9 Å². The third-order valence-electron chi connectivity index (χ3n) is 2.86. The first-order valence-corrected chi connectivity index (χ1v) is 7.21. The van der Waals surface area contributed by atoms with Crippen molar-refractivity contribution in [3.05, 3.63) is 42.3 Å². The van der Waals surface area contributed by atoms with Crippen LogP contribution in [0.5, 0.6) is 0 Å². The summed E-state index contributed by atoms with van der Waals surface area (Å²) in [7, 11) is 0. The highest BCUT2D eigenvalue weighted by atomic mass is 32.2. The van der Waals surface area contributed by atoms with Crippen LogP contribution in [0.15, 0.2) is 30.3 Å². The maximum atomic E-state index is 10.2. The molecule has 1 aromatic rings. The van der Waals surface area contributed by atoms with E-state index >= 15 is 0 Å². The summed E-state index contributed by atoms with van der Waals surface area (Å²) in [6.07, 6.45) is 5.47. The van der Waals surface area contributed by atoms with Crippen LogP contribution >= 0.6 is 11.8 Å². The Labute approximate surface area is 109 Å². The van der Waals surface area contributed by atoms with Crippen LogP contribution in [0.1, 0.15) is 32.3 Å². The molecular weight excluding hydrogens is 228 g/mol. The quantitative estimate of drug-likeness (QED) is 0.514. The number of hydrogen-bond donors (Lipinski definition) is 0. The lowest BCUT2D eigenvalue weighted by Crippen LogP contribution is -2.17. The van der Waals surface area contributed by atoms with Crippen molar-refractivity contribution in [2.75, 3.05) is 11.5 Å². The molecule has 17 heavy (non-hydrogen) atoms. The van der Waals surface area contributed by atoms with E-state index in [2.05, 4.69) is 50.6 Å². The van der Waals surface area contributed by atoms with Gasteiger partial charge in [0.25, 0.3) is 0 Å². The maximum Gasteiger partial charge on any atom is 0.129 e. The molecule has 93 valence electrons. The number of aldehydes is 1. The molecule has 0 bridgehead atoms. The highest BCUT2D eigenvalue weighted by molar-refractivity contribution is 7.99. The van der Waals surface area contributed by atoms with Gasteiger partial charge in [0.05, 0.1) is 0 Å². The number of benzene rings is 1. The maximum absolute atomic E-state index is 10.2. The largest absolute Gasteiger partial charge is 0.302 e. The van der Waals surface area contributed by atoms with Crippen molar-refractivity contribution in [3.63, 3.8) is 0 Å². The van der Waals surface area contributed by atoms with Crippen molar-refractivity contribution in [1.82, 2.24) is 0 Å². The van der Waals surface area contributed by atoms with E-state index in [1.54, 1.807) is 11.8 Å². The molecule has 0 fully saturated rings. The van der Waals surface area contributed by atoms with E-state index in [1.165, 1.54) is 5.56 Å². The Balaban J connectivity index is 2.28. The van der Waals surface area contributed by atoms with Crippen molar-refractivity contribution in [2.24, 2.45) is 0 Å². The van der Waals surface area contributed by atoms with Gasteiger partial charge in [-0.25, -0.2) is 0 Å². The van der Waals surface area contributed by atoms with Gasteiger partial charge in [-0.05, 0) is 36.0 Å². The molecule has 1 aromatic carbocycles. The fraction of sp³-hybridized carbons (Fsp3) is 0.467. The Bertz CT molecular complexity index is 319. The molecule has 1 nitrogen and oxygen atoms in total. The molecule has 0 unspecified atom stereocenters. The molecule has 0 aromatic heterocycles. The molecule has 2 heteroatoms. The van der Waals surface area contributed by atoms with E-state index in [0.29, 0.717) is 5.75 Å². The molecule has 0 saturated heterocycles. The fourth-order valence-corrected chi connectivity index (χ4v) is 2.36. The van der Waals surface area contributed by atoms with Gasteiger partial charge in [-0.1, -0.05) is 44.2 Å². The highest BCUT2D eigenvalue weighted by Crippen LogP contribution is 2.28. The van der Waals surface area contributed by atoms with Gasteiger partial charge in [-0.2, -0.15) is 11.8 Å². The molecule has 1 rings (SSSR count). The van der Waals surface area contributed by atoms with Crippen LogP contribution in [0, 0.1) is 6.42 Å². The molecule has 0 amide bonds. The first-order chi connectivity index (χ1) is 8.17. The summed E-state index contributed by atoms with van der Waals surface area (Å²) in [4.78, 5) is 10.2. The normalized spacial score (nSPS) is 11.4. The van der Waals surface area contributed by atoms with Gasteiger partial charge in [-0.15, -0.1) is 0 Å². The van der Waals surface area contributed by atoms with E-state index in [-0.39, 0.29) is 5.41 Å². The molecule has 1 radical (unpaired) electrons. The zero-order valence-electron chi connectivity index (χ0n) is 10.7. The average molecular weight is 249 g/mol. The Hall–Kier alpha value is -0.760. The predicted octanol–water partition coefficient (Wildman–Crippen LogP) is 3.88. The standard InChI is InChI=1S/C15H21OS/c1-15(2,14-8-4-3-5-9-14)10-6-7-12-17-13-11-16/h3-6,8-9,11H,7,10,12-13H2,1-2H3. The van der Waals surface area contributed by atoms with Gasteiger partial charge in [0.1, 0.15) is 6.29 Å². The SMILES string of the molecule is CC(C)(C[CH]CCSCC=O)c1ccccc1. The number of carbonyl (C=O) groups excluding carboxylic acids is 1. The number of carbonyl (C=O) groups is 1. The summed E-state index contributed by atoms with van der Waals surface area (Å²) >= 11 is 1.70. The van der Waals surface area contributed by atoms with Gasteiger partial charge < -0.3 is 4.79 Å². The molecule has 0 aliphatic heterocycles. The molecule has 0 atom stereocenters. The third-order valence-corrected chi connectivity index (χ3v) is 3.76. The Morgan fingerprint density at radius 1 is 1.24 bits per heavy atom. The van der Waals surface area contributed by atoms with Crippen LogP contribution in [0.2, 0.25) is 0 Å². The van der Waals surface area contributed by atoms with Crippen LogP contribution in [-0.4, -0.2) is 17.8 Å². The van der Waals surface area contributed by atoms with E-state index in [4.69, 9.17) is 0 Å². The monoisotopic (exact) mass is 249 g/mol. The van der Waals surface area contributed by atoms with E-state index in [9.17, 15) is 4.79 Å². The van der Waals surface area contributed by atoms with Gasteiger partial charge in [-0.3, -0.25) is 0 Å². The molecule has 0 saturated carbocycles. The second-order valence-electron chi connectivity index (χ2n) is 4.77. The number of hydrogen-bond acceptors (Lipinski definition) is 2. The van der Waals surface area contributed by atoms with Crippen molar-refractivity contribution < 1.29 is 4.79 Å². The molecule has 0 N–H and O–H groups in total. The molecule has 0 spiro atoms. The number of thioether (sulfide) groups is 1. The smallest absolute Gasteiger partial charge is 0.129 e. The van der Waals surface area contributed by atoms with Crippen LogP contribution in [0.3, 0.4) is 0 Å². The average Bonchev–Trinajstić information content (AvgIpc) is 2.35. The summed E-state index contributed by atoms with van der Waals surface area (Å²) in [6.45, 7) is 4.55. The van der Waals surface area contributed by atoms with E-state index in [1.807, 2.05) is 0 Å². The predicted molar refractivity (Wildman–Crippen MR) is 76.4 cm³/mol. The van der Waals surface area contributed by atoms with Crippen LogP contribution in [0.4, 0.5) is 0 Å². The Kier molecular flexibility index (Phi) is 6.35. The van der Waals surface area contributed by atoms with Crippen LogP contribution in [0.25, 0.3) is 0 Å². The zero-order valence-corrected chi connectivity index (χ0v) is 11.5. The van der Waals surface area contributed by atoms with Gasteiger partial charge in [0, 0.05) is 5.75 Å². The Morgan fingerprint density at radius 3 is 2.59 bits per heavy atom. The topological polar surface area (TPSA) is 17.1 Å². The van der Waals surface area contributed by atoms with Crippen molar-refractivity contribution in [1.29, 1.82) is 0 Å². The first-order valence-electron chi connectivity index (χ1n) is 6.05. The lowest BCUT2D eigenvalue weighted by atomic mass is 9.80. The summed E-state index contributed by atoms with van der Waals surface area (Å²) in [5, 5.41) is 0. The molecule has 0 aliphatic rings. The zero-order chi connectivity index (χ0) is 12.6. The van der Waals surface area contributed by atoms with Crippen molar-refractivity contribution >= 4 is 18.0 Å². The summed E-state index contributed by atoms with van der Waals surface area (Å²) in [5.41, 5.74) is 1.59. The minimum Gasteiger partial charge on any atom is -0.302 e. The van der Waals surface area contributed by atoms with Crippen molar-refractivity contribution in [3.8, 4) is 0 Å². The van der Waals surface area contributed by atoms with Gasteiger partial charge in [0.2, 0.25) is 0 Å². The lowest BCUT2D eigenvalue weighted by Gasteiger charge is -2.25. The number of unbranched alkanes of at least 4 members (excludes halogenated alkanes) is 1. The fourth-order valence-electron chi connectivity index (χ4n) is 1.77. The minimum absolute atomic E-state index is 0.205. The van der Waals surface area contributed by atoms with E-state index < -0.39 is 0 Å². The van der Waals surface area contributed by atoms with Gasteiger partial charge >= 0.3 is 0 Å². The summed E-state index contributed by atoms with van der Waals surface area (Å²) < 4.78 is 0. The van der Waals surface area contributed by atoms with Gasteiger partial charge in [0.15, 0.2) is 0 Å². The second-order valence-corrected chi connectivity index (χ2v) is 5.92. The molecular formula is C15H21OS. The molecule has 0 aliphatic carbocycles. The third kappa shape index (κ3) is 5.40. The minimum atomic E-state index is 0.205. The van der Waals surface area contributed by atoms with Crippen molar-refractivity contribution in [2.45, 2.75) is 32.1 Å². The second kappa shape index (κ2) is 7.54. The first kappa shape index (κ1) is 14.3. The Morgan fingerprint density at radius 2 is 1.94 bits per heavy atom.